The lowest BCUT2D eigenvalue weighted by Crippen LogP contribution is -2.39. The molecule has 0 saturated heterocycles. The number of fused-ring (bicyclic) bond motifs is 1. The topological polar surface area (TPSA) is 73.7 Å². The first-order valence-corrected chi connectivity index (χ1v) is 8.16. The number of hydrogen-bond acceptors (Lipinski definition) is 5. The zero-order valence-electron chi connectivity index (χ0n) is 14.0. The number of rotatable bonds is 4. The van der Waals surface area contributed by atoms with Gasteiger partial charge in [-0.15, -0.1) is 0 Å². The van der Waals surface area contributed by atoms with E-state index in [1.54, 1.807) is 40.9 Å². The minimum atomic E-state index is -0.456. The van der Waals surface area contributed by atoms with Crippen LogP contribution in [0.2, 0.25) is 5.02 Å². The number of carbonyl (C=O) groups excluding carboxylic acids is 2. The van der Waals surface area contributed by atoms with E-state index in [1.165, 1.54) is 7.11 Å². The maximum absolute atomic E-state index is 12.4. The average molecular weight is 364 g/mol. The van der Waals surface area contributed by atoms with E-state index in [9.17, 15) is 9.59 Å². The van der Waals surface area contributed by atoms with Gasteiger partial charge < -0.3 is 14.4 Å². The van der Waals surface area contributed by atoms with Crippen LogP contribution in [0.25, 0.3) is 0 Å². The highest BCUT2D eigenvalue weighted by atomic mass is 35.5. The van der Waals surface area contributed by atoms with Crippen molar-refractivity contribution in [2.75, 3.05) is 20.3 Å². The Morgan fingerprint density at radius 2 is 2.00 bits per heavy atom. The van der Waals surface area contributed by atoms with Gasteiger partial charge in [0.2, 0.25) is 0 Å². The Bertz CT molecular complexity index is 801. The Labute approximate surface area is 150 Å². The van der Waals surface area contributed by atoms with Gasteiger partial charge in [0.25, 0.3) is 5.91 Å². The molecule has 0 aliphatic carbocycles. The largest absolute Gasteiger partial charge is 0.484 e. The maximum atomic E-state index is 12.4. The molecule has 1 aromatic heterocycles. The molecule has 132 valence electrons. The first-order valence-electron chi connectivity index (χ1n) is 7.78. The lowest BCUT2D eigenvalue weighted by molar-refractivity contribution is -0.134. The molecule has 0 atom stereocenters. The molecule has 1 amide bonds. The lowest BCUT2D eigenvalue weighted by atomic mass is 10.0. The molecule has 3 rings (SSSR count). The first-order chi connectivity index (χ1) is 12.0. The predicted octanol–water partition coefficient (Wildman–Crippen LogP) is 1.82. The molecule has 1 aromatic carbocycles. The summed E-state index contributed by atoms with van der Waals surface area (Å²) in [7, 11) is 3.08. The molecular formula is C17H18ClN3O4. The molecule has 1 aliphatic heterocycles. The number of aromatic nitrogens is 2. The van der Waals surface area contributed by atoms with E-state index in [-0.39, 0.29) is 12.5 Å². The molecule has 0 spiro atoms. The molecular weight excluding hydrogens is 346 g/mol. The summed E-state index contributed by atoms with van der Waals surface area (Å²) in [5, 5.41) is 4.83. The number of aryl methyl sites for hydroxylation is 1. The fourth-order valence-electron chi connectivity index (χ4n) is 2.81. The highest BCUT2D eigenvalue weighted by Crippen LogP contribution is 2.23. The Morgan fingerprint density at radius 1 is 1.28 bits per heavy atom. The second-order valence-corrected chi connectivity index (χ2v) is 6.13. The van der Waals surface area contributed by atoms with Crippen molar-refractivity contribution < 1.29 is 19.1 Å². The third-order valence-corrected chi connectivity index (χ3v) is 4.41. The molecule has 0 fully saturated rings. The van der Waals surface area contributed by atoms with E-state index in [0.29, 0.717) is 36.0 Å². The van der Waals surface area contributed by atoms with Crippen LogP contribution in [-0.4, -0.2) is 46.8 Å². The number of hydrogen-bond donors (Lipinski definition) is 0. The molecule has 1 aliphatic rings. The van der Waals surface area contributed by atoms with Gasteiger partial charge in [-0.1, -0.05) is 11.6 Å². The Morgan fingerprint density at radius 3 is 2.68 bits per heavy atom. The summed E-state index contributed by atoms with van der Waals surface area (Å²) in [6, 6.07) is 6.85. The number of nitrogens with zero attached hydrogens (tertiary/aromatic N) is 3. The Hall–Kier alpha value is -2.54. The molecule has 0 N–H and O–H groups in total. The maximum Gasteiger partial charge on any atom is 0.358 e. The predicted molar refractivity (Wildman–Crippen MR) is 90.6 cm³/mol. The van der Waals surface area contributed by atoms with Crippen LogP contribution in [0.3, 0.4) is 0 Å². The highest BCUT2D eigenvalue weighted by molar-refractivity contribution is 6.30. The number of amides is 1. The van der Waals surface area contributed by atoms with E-state index >= 15 is 0 Å². The van der Waals surface area contributed by atoms with E-state index in [2.05, 4.69) is 5.10 Å². The monoisotopic (exact) mass is 363 g/mol. The van der Waals surface area contributed by atoms with Gasteiger partial charge in [-0.2, -0.15) is 5.10 Å². The SMILES string of the molecule is COC(=O)c1nn(C)c2c1CCN(C(=O)COc1ccc(Cl)cc1)C2. The van der Waals surface area contributed by atoms with Gasteiger partial charge in [-0.05, 0) is 30.7 Å². The van der Waals surface area contributed by atoms with Crippen molar-refractivity contribution in [3.63, 3.8) is 0 Å². The summed E-state index contributed by atoms with van der Waals surface area (Å²) in [6.45, 7) is 0.836. The van der Waals surface area contributed by atoms with Gasteiger partial charge in [0.1, 0.15) is 5.75 Å². The number of ether oxygens (including phenoxy) is 2. The van der Waals surface area contributed by atoms with Crippen molar-refractivity contribution in [3.05, 3.63) is 46.2 Å². The van der Waals surface area contributed by atoms with Crippen molar-refractivity contribution in [1.82, 2.24) is 14.7 Å². The molecule has 0 radical (unpaired) electrons. The van der Waals surface area contributed by atoms with Crippen LogP contribution in [0, 0.1) is 0 Å². The number of halogens is 1. The summed E-state index contributed by atoms with van der Waals surface area (Å²) in [6.07, 6.45) is 0.556. The number of benzene rings is 1. The quantitative estimate of drug-likeness (QED) is 0.775. The Balaban J connectivity index is 1.66. The normalized spacial score (nSPS) is 13.3. The average Bonchev–Trinajstić information content (AvgIpc) is 2.96. The van der Waals surface area contributed by atoms with E-state index in [0.717, 1.165) is 11.3 Å². The van der Waals surface area contributed by atoms with Crippen molar-refractivity contribution in [3.8, 4) is 5.75 Å². The fourth-order valence-corrected chi connectivity index (χ4v) is 2.94. The van der Waals surface area contributed by atoms with Crippen LogP contribution in [0.1, 0.15) is 21.7 Å². The molecule has 2 heterocycles. The number of carbonyl (C=O) groups is 2. The van der Waals surface area contributed by atoms with Gasteiger partial charge in [-0.3, -0.25) is 9.48 Å². The van der Waals surface area contributed by atoms with Crippen LogP contribution >= 0.6 is 11.6 Å². The van der Waals surface area contributed by atoms with Crippen molar-refractivity contribution in [2.24, 2.45) is 7.05 Å². The summed E-state index contributed by atoms with van der Waals surface area (Å²) < 4.78 is 11.9. The molecule has 0 saturated carbocycles. The third kappa shape index (κ3) is 3.61. The molecule has 0 bridgehead atoms. The zero-order valence-corrected chi connectivity index (χ0v) is 14.7. The summed E-state index contributed by atoms with van der Waals surface area (Å²) >= 11 is 5.82. The Kier molecular flexibility index (Phi) is 4.94. The van der Waals surface area contributed by atoms with Crippen LogP contribution < -0.4 is 4.74 Å². The summed E-state index contributed by atoms with van der Waals surface area (Å²) in [4.78, 5) is 25.9. The zero-order chi connectivity index (χ0) is 18.0. The smallest absolute Gasteiger partial charge is 0.358 e. The van der Waals surface area contributed by atoms with Gasteiger partial charge in [0.05, 0.1) is 19.3 Å². The van der Waals surface area contributed by atoms with Gasteiger partial charge in [0, 0.05) is 24.2 Å². The van der Waals surface area contributed by atoms with Crippen LogP contribution in [0.5, 0.6) is 5.75 Å². The minimum Gasteiger partial charge on any atom is -0.484 e. The summed E-state index contributed by atoms with van der Waals surface area (Å²) in [5.41, 5.74) is 2.01. The fraction of sp³-hybridized carbons (Fsp3) is 0.353. The van der Waals surface area contributed by atoms with Gasteiger partial charge in [-0.25, -0.2) is 4.79 Å². The summed E-state index contributed by atoms with van der Waals surface area (Å²) in [5.74, 6) is 0.00748. The minimum absolute atomic E-state index is 0.0569. The molecule has 7 nitrogen and oxygen atoms in total. The first kappa shape index (κ1) is 17.3. The van der Waals surface area contributed by atoms with Gasteiger partial charge in [0.15, 0.2) is 12.3 Å². The van der Waals surface area contributed by atoms with Crippen LogP contribution in [0.4, 0.5) is 0 Å². The van der Waals surface area contributed by atoms with E-state index in [4.69, 9.17) is 21.1 Å². The van der Waals surface area contributed by atoms with Crippen molar-refractivity contribution >= 4 is 23.5 Å². The lowest BCUT2D eigenvalue weighted by Gasteiger charge is -2.27. The van der Waals surface area contributed by atoms with Crippen LogP contribution in [-0.2, 0) is 29.5 Å². The highest BCUT2D eigenvalue weighted by Gasteiger charge is 2.29. The molecule has 2 aromatic rings. The molecule has 8 heteroatoms. The van der Waals surface area contributed by atoms with Crippen molar-refractivity contribution in [1.29, 1.82) is 0 Å². The number of methoxy groups -OCH3 is 1. The van der Waals surface area contributed by atoms with E-state index in [1.807, 2.05) is 0 Å². The molecule has 25 heavy (non-hydrogen) atoms. The van der Waals surface area contributed by atoms with Crippen LogP contribution in [0.15, 0.2) is 24.3 Å². The second kappa shape index (κ2) is 7.14. The van der Waals surface area contributed by atoms with E-state index < -0.39 is 5.97 Å². The number of esters is 1. The second-order valence-electron chi connectivity index (χ2n) is 5.70. The standard InChI is InChI=1S/C17H18ClN3O4/c1-20-14-9-21(8-7-13(14)16(19-20)17(23)24-2)15(22)10-25-12-5-3-11(18)4-6-12/h3-6H,7-10H2,1-2H3. The molecule has 0 unspecified atom stereocenters. The third-order valence-electron chi connectivity index (χ3n) is 4.15. The van der Waals surface area contributed by atoms with Gasteiger partial charge >= 0.3 is 5.97 Å². The van der Waals surface area contributed by atoms with Crippen molar-refractivity contribution in [2.45, 2.75) is 13.0 Å².